The minimum absolute atomic E-state index is 0.0555. The van der Waals surface area contributed by atoms with Gasteiger partial charge in [0, 0.05) is 12.2 Å². The zero-order valence-electron chi connectivity index (χ0n) is 9.38. The van der Waals surface area contributed by atoms with Crippen molar-refractivity contribution in [1.82, 2.24) is 5.32 Å². The Morgan fingerprint density at radius 2 is 1.88 bits per heavy atom. The summed E-state index contributed by atoms with van der Waals surface area (Å²) in [6.45, 7) is 1.72. The van der Waals surface area contributed by atoms with Gasteiger partial charge in [0.1, 0.15) is 12.3 Å². The largest absolute Gasteiger partial charge is 0.508 e. The van der Waals surface area contributed by atoms with Gasteiger partial charge in [0.05, 0.1) is 0 Å². The Balaban J connectivity index is 2.92. The van der Waals surface area contributed by atoms with Crippen molar-refractivity contribution in [2.45, 2.75) is 6.92 Å². The van der Waals surface area contributed by atoms with E-state index in [4.69, 9.17) is 10.2 Å². The van der Waals surface area contributed by atoms with Crippen molar-refractivity contribution >= 4 is 17.7 Å². The van der Waals surface area contributed by atoms with Crippen LogP contribution in [0.3, 0.4) is 0 Å². The Labute approximate surface area is 98.5 Å². The number of anilines is 1. The number of rotatable bonds is 4. The maximum atomic E-state index is 11.7. The summed E-state index contributed by atoms with van der Waals surface area (Å²) < 4.78 is 0. The van der Waals surface area contributed by atoms with E-state index in [0.29, 0.717) is 12.2 Å². The van der Waals surface area contributed by atoms with Crippen LogP contribution in [0.4, 0.5) is 10.5 Å². The predicted octanol–water partition coefficient (Wildman–Crippen LogP) is 1.01. The van der Waals surface area contributed by atoms with Crippen LogP contribution in [0.5, 0.6) is 5.75 Å². The van der Waals surface area contributed by atoms with Crippen LogP contribution in [0.15, 0.2) is 24.3 Å². The van der Waals surface area contributed by atoms with Gasteiger partial charge in [-0.3, -0.25) is 9.69 Å². The second-order valence-corrected chi connectivity index (χ2v) is 3.33. The molecule has 0 aliphatic heterocycles. The van der Waals surface area contributed by atoms with Crippen LogP contribution >= 0.6 is 0 Å². The summed E-state index contributed by atoms with van der Waals surface area (Å²) in [4.78, 5) is 23.4. The molecule has 0 atom stereocenters. The average Bonchev–Trinajstić information content (AvgIpc) is 2.27. The molecule has 6 heteroatoms. The second kappa shape index (κ2) is 5.74. The van der Waals surface area contributed by atoms with Crippen LogP contribution in [-0.4, -0.2) is 35.3 Å². The molecule has 0 aliphatic carbocycles. The highest BCUT2D eigenvalue weighted by Crippen LogP contribution is 2.18. The quantitative estimate of drug-likeness (QED) is 0.730. The predicted molar refractivity (Wildman–Crippen MR) is 62.2 cm³/mol. The zero-order chi connectivity index (χ0) is 12.8. The van der Waals surface area contributed by atoms with Crippen LogP contribution in [0, 0.1) is 0 Å². The lowest BCUT2D eigenvalue weighted by Crippen LogP contribution is -2.42. The highest BCUT2D eigenvalue weighted by Gasteiger charge is 2.17. The van der Waals surface area contributed by atoms with Gasteiger partial charge in [0.2, 0.25) is 0 Å². The molecule has 0 saturated heterocycles. The third kappa shape index (κ3) is 3.67. The Bertz CT molecular complexity index is 402. The minimum atomic E-state index is -1.11. The number of urea groups is 1. The number of phenolic OH excluding ortho intramolecular Hbond substituents is 1. The number of benzene rings is 1. The molecule has 0 aliphatic rings. The van der Waals surface area contributed by atoms with Crippen LogP contribution < -0.4 is 10.2 Å². The number of hydrogen-bond acceptors (Lipinski definition) is 3. The van der Waals surface area contributed by atoms with Crippen LogP contribution in [0.25, 0.3) is 0 Å². The molecule has 0 bridgehead atoms. The topological polar surface area (TPSA) is 89.9 Å². The summed E-state index contributed by atoms with van der Waals surface area (Å²) >= 11 is 0. The smallest absolute Gasteiger partial charge is 0.323 e. The molecule has 6 nitrogen and oxygen atoms in total. The highest BCUT2D eigenvalue weighted by atomic mass is 16.4. The zero-order valence-corrected chi connectivity index (χ0v) is 9.38. The Morgan fingerprint density at radius 3 is 2.35 bits per heavy atom. The number of carboxylic acid groups (broad SMARTS) is 1. The van der Waals surface area contributed by atoms with E-state index in [9.17, 15) is 9.59 Å². The summed E-state index contributed by atoms with van der Waals surface area (Å²) in [7, 11) is 0. The van der Waals surface area contributed by atoms with E-state index in [1.54, 1.807) is 6.92 Å². The van der Waals surface area contributed by atoms with Gasteiger partial charge < -0.3 is 15.5 Å². The number of phenols is 1. The van der Waals surface area contributed by atoms with Crippen molar-refractivity contribution in [2.75, 3.05) is 18.0 Å². The Kier molecular flexibility index (Phi) is 4.33. The molecular formula is C11H14N2O4. The monoisotopic (exact) mass is 238 g/mol. The van der Waals surface area contributed by atoms with E-state index in [2.05, 4.69) is 5.32 Å². The number of amides is 2. The van der Waals surface area contributed by atoms with Gasteiger partial charge in [0.25, 0.3) is 0 Å². The number of aliphatic carboxylic acids is 1. The molecule has 1 aromatic rings. The fraction of sp³-hybridized carbons (Fsp3) is 0.273. The van der Waals surface area contributed by atoms with Gasteiger partial charge in [0.15, 0.2) is 0 Å². The highest BCUT2D eigenvalue weighted by molar-refractivity contribution is 5.96. The molecule has 2 amide bonds. The maximum absolute atomic E-state index is 11.7. The van der Waals surface area contributed by atoms with Crippen molar-refractivity contribution in [3.8, 4) is 5.75 Å². The van der Waals surface area contributed by atoms with Crippen molar-refractivity contribution < 1.29 is 19.8 Å². The Hall–Kier alpha value is -2.24. The molecule has 3 N–H and O–H groups in total. The van der Waals surface area contributed by atoms with Gasteiger partial charge in [-0.25, -0.2) is 4.79 Å². The molecule has 0 heterocycles. The summed E-state index contributed by atoms with van der Waals surface area (Å²) in [6.07, 6.45) is 0. The van der Waals surface area contributed by atoms with Crippen LogP contribution in [0.2, 0.25) is 0 Å². The van der Waals surface area contributed by atoms with E-state index >= 15 is 0 Å². The summed E-state index contributed by atoms with van der Waals surface area (Å²) in [6, 6.07) is 5.26. The molecule has 0 unspecified atom stereocenters. The summed E-state index contributed by atoms with van der Waals surface area (Å²) in [5.74, 6) is -1.05. The SMILES string of the molecule is CCNC(=O)N(CC(=O)O)c1ccc(O)cc1. The number of nitrogens with zero attached hydrogens (tertiary/aromatic N) is 1. The fourth-order valence-corrected chi connectivity index (χ4v) is 1.29. The van der Waals surface area contributed by atoms with E-state index < -0.39 is 18.5 Å². The molecule has 17 heavy (non-hydrogen) atoms. The fourth-order valence-electron chi connectivity index (χ4n) is 1.29. The van der Waals surface area contributed by atoms with Crippen molar-refractivity contribution in [2.24, 2.45) is 0 Å². The van der Waals surface area contributed by atoms with E-state index in [1.165, 1.54) is 24.3 Å². The number of nitrogens with one attached hydrogen (secondary N) is 1. The number of aromatic hydroxyl groups is 1. The molecular weight excluding hydrogens is 224 g/mol. The van der Waals surface area contributed by atoms with Gasteiger partial charge in [-0.2, -0.15) is 0 Å². The lowest BCUT2D eigenvalue weighted by molar-refractivity contribution is -0.135. The first-order chi connectivity index (χ1) is 8.04. The molecule has 0 fully saturated rings. The first-order valence-corrected chi connectivity index (χ1v) is 5.10. The molecule has 1 aromatic carbocycles. The first-order valence-electron chi connectivity index (χ1n) is 5.10. The second-order valence-electron chi connectivity index (χ2n) is 3.33. The number of hydrogen-bond donors (Lipinski definition) is 3. The van der Waals surface area contributed by atoms with Crippen LogP contribution in [-0.2, 0) is 4.79 Å². The molecule has 0 spiro atoms. The normalized spacial score (nSPS) is 9.71. The Morgan fingerprint density at radius 1 is 1.29 bits per heavy atom. The average molecular weight is 238 g/mol. The molecule has 92 valence electrons. The third-order valence-electron chi connectivity index (χ3n) is 2.03. The number of carbonyl (C=O) groups excluding carboxylic acids is 1. The van der Waals surface area contributed by atoms with Crippen molar-refractivity contribution in [1.29, 1.82) is 0 Å². The van der Waals surface area contributed by atoms with E-state index in [1.807, 2.05) is 0 Å². The van der Waals surface area contributed by atoms with E-state index in [0.717, 1.165) is 4.90 Å². The maximum Gasteiger partial charge on any atom is 0.323 e. The number of carboxylic acids is 1. The minimum Gasteiger partial charge on any atom is -0.508 e. The van der Waals surface area contributed by atoms with Gasteiger partial charge >= 0.3 is 12.0 Å². The summed E-state index contributed by atoms with van der Waals surface area (Å²) in [5.41, 5.74) is 0.413. The van der Waals surface area contributed by atoms with Crippen molar-refractivity contribution in [3.63, 3.8) is 0 Å². The third-order valence-corrected chi connectivity index (χ3v) is 2.03. The molecule has 0 radical (unpaired) electrons. The molecule has 0 saturated carbocycles. The summed E-state index contributed by atoms with van der Waals surface area (Å²) in [5, 5.41) is 20.4. The number of carbonyl (C=O) groups is 2. The molecule has 0 aromatic heterocycles. The lowest BCUT2D eigenvalue weighted by Gasteiger charge is -2.20. The first kappa shape index (κ1) is 12.8. The lowest BCUT2D eigenvalue weighted by atomic mass is 10.3. The van der Waals surface area contributed by atoms with Gasteiger partial charge in [-0.05, 0) is 31.2 Å². The molecule has 1 rings (SSSR count). The standard InChI is InChI=1S/C11H14N2O4/c1-2-12-11(17)13(7-10(15)16)8-3-5-9(14)6-4-8/h3-6,14H,2,7H2,1H3,(H,12,17)(H,15,16). The van der Waals surface area contributed by atoms with Gasteiger partial charge in [-0.15, -0.1) is 0 Å². The van der Waals surface area contributed by atoms with Crippen LogP contribution in [0.1, 0.15) is 6.92 Å². The van der Waals surface area contributed by atoms with E-state index in [-0.39, 0.29) is 5.75 Å². The van der Waals surface area contributed by atoms with Gasteiger partial charge in [-0.1, -0.05) is 0 Å². The van der Waals surface area contributed by atoms with Crippen molar-refractivity contribution in [3.05, 3.63) is 24.3 Å².